The summed E-state index contributed by atoms with van der Waals surface area (Å²) in [7, 11) is 0. The predicted octanol–water partition coefficient (Wildman–Crippen LogP) is 6.42. The van der Waals surface area contributed by atoms with E-state index in [9.17, 15) is 22.4 Å². The molecule has 1 N–H and O–H groups in total. The predicted molar refractivity (Wildman–Crippen MR) is 127 cm³/mol. The molecule has 0 radical (unpaired) electrons. The molecule has 1 aliphatic heterocycles. The van der Waals surface area contributed by atoms with Gasteiger partial charge in [0.2, 0.25) is 5.96 Å². The first kappa shape index (κ1) is 25.2. The third-order valence-corrected chi connectivity index (χ3v) is 5.53. The molecule has 0 aromatic heterocycles. The summed E-state index contributed by atoms with van der Waals surface area (Å²) >= 11 is 0. The van der Waals surface area contributed by atoms with E-state index in [1.807, 2.05) is 0 Å². The number of nitrogens with one attached hydrogen (secondary N) is 1. The van der Waals surface area contributed by atoms with Crippen molar-refractivity contribution in [3.05, 3.63) is 107 Å². The average molecular weight is 500 g/mol. The van der Waals surface area contributed by atoms with Gasteiger partial charge in [-0.25, -0.2) is 32.2 Å². The van der Waals surface area contributed by atoms with Gasteiger partial charge in [-0.3, -0.25) is 0 Å². The summed E-state index contributed by atoms with van der Waals surface area (Å²) in [5.74, 6) is -2.74. The van der Waals surface area contributed by atoms with E-state index in [0.717, 1.165) is 12.1 Å². The number of hydrogen-bond donors (Lipinski definition) is 1. The van der Waals surface area contributed by atoms with Crippen LogP contribution in [0.5, 0.6) is 0 Å². The number of carbonyl (C=O) groups excluding carboxylic acids is 1. The molecule has 1 heterocycles. The third kappa shape index (κ3) is 5.67. The normalized spacial score (nSPS) is 18.9. The van der Waals surface area contributed by atoms with Crippen LogP contribution in [0.1, 0.15) is 49.5 Å². The lowest BCUT2D eigenvalue weighted by atomic mass is 9.94. The first-order valence-electron chi connectivity index (χ1n) is 11.3. The maximum absolute atomic E-state index is 13.7. The topological polar surface area (TPSA) is 53.9 Å². The first-order valence-corrected chi connectivity index (χ1v) is 11.3. The highest BCUT2D eigenvalue weighted by molar-refractivity contribution is 5.97. The fraction of sp³-hybridized carbons (Fsp3) is 0.259. The van der Waals surface area contributed by atoms with Gasteiger partial charge in [-0.15, -0.1) is 0 Å². The van der Waals surface area contributed by atoms with Crippen LogP contribution in [0.3, 0.4) is 0 Å². The largest absolute Gasteiger partial charge is 0.443 e. The number of halogens is 4. The van der Waals surface area contributed by atoms with Crippen molar-refractivity contribution < 1.29 is 27.1 Å². The molecule has 4 rings (SSSR count). The van der Waals surface area contributed by atoms with Crippen LogP contribution in [0.15, 0.2) is 71.7 Å². The van der Waals surface area contributed by atoms with E-state index in [1.54, 1.807) is 45.0 Å². The number of carbonyl (C=O) groups is 1. The minimum absolute atomic E-state index is 0.0644. The molecule has 1 amide bonds. The van der Waals surface area contributed by atoms with Crippen molar-refractivity contribution in [2.45, 2.75) is 45.0 Å². The fourth-order valence-electron chi connectivity index (χ4n) is 3.94. The smallest absolute Gasteiger partial charge is 0.417 e. The third-order valence-electron chi connectivity index (χ3n) is 5.53. The molecule has 3 aromatic rings. The molecule has 1 saturated heterocycles. The van der Waals surface area contributed by atoms with Crippen LogP contribution in [0.25, 0.3) is 0 Å². The van der Waals surface area contributed by atoms with Gasteiger partial charge in [-0.1, -0.05) is 30.3 Å². The van der Waals surface area contributed by atoms with Gasteiger partial charge in [-0.05, 0) is 73.9 Å². The van der Waals surface area contributed by atoms with Crippen LogP contribution in [0.4, 0.5) is 22.4 Å². The van der Waals surface area contributed by atoms with Crippen LogP contribution in [0, 0.1) is 23.3 Å². The lowest BCUT2D eigenvalue weighted by Gasteiger charge is -2.29. The second-order valence-corrected chi connectivity index (χ2v) is 9.41. The molecule has 0 bridgehead atoms. The van der Waals surface area contributed by atoms with E-state index in [1.165, 1.54) is 35.2 Å². The van der Waals surface area contributed by atoms with Crippen LogP contribution >= 0.6 is 0 Å². The summed E-state index contributed by atoms with van der Waals surface area (Å²) in [5.41, 5.74) is 0.791. The molecule has 0 spiro atoms. The van der Waals surface area contributed by atoms with Gasteiger partial charge in [-0.2, -0.15) is 0 Å². The van der Waals surface area contributed by atoms with Gasteiger partial charge < -0.3 is 10.1 Å². The molecule has 2 unspecified atom stereocenters. The number of aliphatic imine (C=N–C) groups is 1. The van der Waals surface area contributed by atoms with Crippen molar-refractivity contribution in [3.8, 4) is 0 Å². The number of guanidine groups is 1. The highest BCUT2D eigenvalue weighted by Gasteiger charge is 2.45. The Bertz CT molecular complexity index is 1270. The van der Waals surface area contributed by atoms with Crippen molar-refractivity contribution >= 4 is 12.1 Å². The van der Waals surface area contributed by atoms with E-state index in [0.29, 0.717) is 16.7 Å². The number of benzene rings is 3. The molecule has 0 aliphatic carbocycles. The zero-order valence-electron chi connectivity index (χ0n) is 19.9. The summed E-state index contributed by atoms with van der Waals surface area (Å²) in [6.45, 7) is 5.09. The van der Waals surface area contributed by atoms with Crippen molar-refractivity contribution in [2.75, 3.05) is 0 Å². The summed E-state index contributed by atoms with van der Waals surface area (Å²) in [4.78, 5) is 19.2. The average Bonchev–Trinajstić information content (AvgIpc) is 3.19. The fourth-order valence-corrected chi connectivity index (χ4v) is 3.94. The van der Waals surface area contributed by atoms with Crippen LogP contribution in [-0.4, -0.2) is 22.6 Å². The molecular weight excluding hydrogens is 474 g/mol. The first-order chi connectivity index (χ1) is 17.0. The van der Waals surface area contributed by atoms with Crippen LogP contribution < -0.4 is 5.32 Å². The molecule has 0 saturated carbocycles. The molecule has 188 valence electrons. The molecule has 1 fully saturated rings. The Morgan fingerprint density at radius 2 is 1.47 bits per heavy atom. The lowest BCUT2D eigenvalue weighted by Crippen LogP contribution is -2.41. The number of nitrogens with zero attached hydrogens (tertiary/aromatic N) is 2. The van der Waals surface area contributed by atoms with Crippen molar-refractivity contribution in [1.82, 2.24) is 10.2 Å². The van der Waals surface area contributed by atoms with E-state index in [2.05, 4.69) is 10.3 Å². The second kappa shape index (κ2) is 10.0. The monoisotopic (exact) mass is 499 g/mol. The van der Waals surface area contributed by atoms with Gasteiger partial charge in [0.15, 0.2) is 11.6 Å². The Labute approximate surface area is 206 Å². The minimum Gasteiger partial charge on any atom is -0.443 e. The maximum atomic E-state index is 13.7. The van der Waals surface area contributed by atoms with Gasteiger partial charge in [0.1, 0.15) is 17.2 Å². The second-order valence-electron chi connectivity index (χ2n) is 9.41. The van der Waals surface area contributed by atoms with Crippen molar-refractivity contribution in [2.24, 2.45) is 4.99 Å². The number of rotatable bonds is 4. The number of ether oxygens (including phenoxy) is 1. The molecule has 36 heavy (non-hydrogen) atoms. The van der Waals surface area contributed by atoms with Crippen LogP contribution in [0.2, 0.25) is 0 Å². The standard InChI is InChI=1S/C27H25F4N3O2/c1-27(2,3)36-26(35)34-24(18-7-11-20(29)12-8-18)23(17-5-9-19(28)10-6-17)33-25(34)32-15-16-4-13-21(30)22(31)14-16/h4-14,23-24H,15H2,1-3H3,(H,32,33). The maximum Gasteiger partial charge on any atom is 0.417 e. The number of hydrogen-bond acceptors (Lipinski definition) is 3. The summed E-state index contributed by atoms with van der Waals surface area (Å²) in [5, 5.41) is 3.19. The van der Waals surface area contributed by atoms with E-state index >= 15 is 0 Å². The van der Waals surface area contributed by atoms with Gasteiger partial charge in [0.25, 0.3) is 0 Å². The van der Waals surface area contributed by atoms with Gasteiger partial charge >= 0.3 is 6.09 Å². The Morgan fingerprint density at radius 1 is 0.889 bits per heavy atom. The van der Waals surface area contributed by atoms with Gasteiger partial charge in [0.05, 0.1) is 18.6 Å². The Kier molecular flexibility index (Phi) is 7.01. The minimum atomic E-state index is -1.01. The highest BCUT2D eigenvalue weighted by Crippen LogP contribution is 2.40. The van der Waals surface area contributed by atoms with E-state index in [4.69, 9.17) is 4.74 Å². The quantitative estimate of drug-likeness (QED) is 0.422. The summed E-state index contributed by atoms with van der Waals surface area (Å²) in [6, 6.07) is 13.5. The molecule has 1 aliphatic rings. The van der Waals surface area contributed by atoms with Gasteiger partial charge in [0, 0.05) is 0 Å². The molecular formula is C27H25F4N3O2. The molecule has 5 nitrogen and oxygen atoms in total. The van der Waals surface area contributed by atoms with E-state index < -0.39 is 47.0 Å². The van der Waals surface area contributed by atoms with Crippen molar-refractivity contribution in [1.29, 1.82) is 0 Å². The molecule has 3 aromatic carbocycles. The lowest BCUT2D eigenvalue weighted by molar-refractivity contribution is 0.0320. The Hall–Kier alpha value is -3.88. The zero-order chi connectivity index (χ0) is 26.0. The Balaban J connectivity index is 1.80. The van der Waals surface area contributed by atoms with E-state index in [-0.39, 0.29) is 12.5 Å². The van der Waals surface area contributed by atoms with Crippen molar-refractivity contribution in [3.63, 3.8) is 0 Å². The number of amides is 1. The summed E-state index contributed by atoms with van der Waals surface area (Å²) < 4.78 is 60.1. The highest BCUT2D eigenvalue weighted by atomic mass is 19.2. The SMILES string of the molecule is CC(C)(C)OC(=O)N1C(=NCc2ccc(F)c(F)c2)NC(c2ccc(F)cc2)C1c1ccc(F)cc1. The molecule has 9 heteroatoms. The zero-order valence-corrected chi connectivity index (χ0v) is 19.9. The summed E-state index contributed by atoms with van der Waals surface area (Å²) in [6.07, 6.45) is -0.710. The molecule has 2 atom stereocenters. The Morgan fingerprint density at radius 3 is 2.03 bits per heavy atom. The van der Waals surface area contributed by atoms with Crippen LogP contribution in [-0.2, 0) is 11.3 Å².